The summed E-state index contributed by atoms with van der Waals surface area (Å²) < 4.78 is 28.6. The van der Waals surface area contributed by atoms with Crippen LogP contribution in [0.2, 0.25) is 0 Å². The van der Waals surface area contributed by atoms with Gasteiger partial charge in [0.2, 0.25) is 0 Å². The SMILES string of the molecule is CNCCCn1cc(S(=O)(=O)Nc2cccc(C)n2)cn1. The predicted octanol–water partition coefficient (Wildman–Crippen LogP) is 0.997. The van der Waals surface area contributed by atoms with Gasteiger partial charge in [-0.25, -0.2) is 13.4 Å². The third kappa shape index (κ3) is 4.27. The summed E-state index contributed by atoms with van der Waals surface area (Å²) in [6.07, 6.45) is 3.75. The maximum absolute atomic E-state index is 12.2. The minimum Gasteiger partial charge on any atom is -0.320 e. The van der Waals surface area contributed by atoms with Crippen molar-refractivity contribution >= 4 is 15.8 Å². The van der Waals surface area contributed by atoms with E-state index in [1.807, 2.05) is 7.05 Å². The molecular weight excluding hydrogens is 290 g/mol. The molecule has 0 aliphatic rings. The number of sulfonamides is 1. The van der Waals surface area contributed by atoms with E-state index < -0.39 is 10.0 Å². The summed E-state index contributed by atoms with van der Waals surface area (Å²) in [4.78, 5) is 4.26. The molecule has 0 saturated heterocycles. The van der Waals surface area contributed by atoms with Crippen molar-refractivity contribution in [1.29, 1.82) is 0 Å². The standard InChI is InChI=1S/C13H19N5O2S/c1-11-5-3-6-13(16-11)17-21(19,20)12-9-15-18(10-12)8-4-7-14-2/h3,5-6,9-10,14H,4,7-8H2,1-2H3,(H,16,17). The van der Waals surface area contributed by atoms with E-state index in [1.165, 1.54) is 12.4 Å². The summed E-state index contributed by atoms with van der Waals surface area (Å²) in [7, 11) is -1.78. The van der Waals surface area contributed by atoms with Crippen molar-refractivity contribution in [2.45, 2.75) is 24.8 Å². The van der Waals surface area contributed by atoms with Crippen LogP contribution in [0.4, 0.5) is 5.82 Å². The topological polar surface area (TPSA) is 88.9 Å². The van der Waals surface area contributed by atoms with E-state index in [2.05, 4.69) is 20.1 Å². The smallest absolute Gasteiger partial charge is 0.266 e. The molecule has 2 rings (SSSR count). The summed E-state index contributed by atoms with van der Waals surface area (Å²) in [6, 6.07) is 5.17. The number of aryl methyl sites for hydroxylation is 2. The summed E-state index contributed by atoms with van der Waals surface area (Å²) in [5, 5.41) is 7.10. The lowest BCUT2D eigenvalue weighted by atomic mass is 10.4. The molecule has 2 N–H and O–H groups in total. The van der Waals surface area contributed by atoms with Crippen molar-refractivity contribution in [2.75, 3.05) is 18.3 Å². The lowest BCUT2D eigenvalue weighted by molar-refractivity contribution is 0.561. The van der Waals surface area contributed by atoms with E-state index in [0.29, 0.717) is 12.4 Å². The number of anilines is 1. The lowest BCUT2D eigenvalue weighted by Gasteiger charge is -2.05. The zero-order valence-electron chi connectivity index (χ0n) is 12.1. The largest absolute Gasteiger partial charge is 0.320 e. The van der Waals surface area contributed by atoms with E-state index in [9.17, 15) is 8.42 Å². The first-order chi connectivity index (χ1) is 10.0. The maximum atomic E-state index is 12.2. The first kappa shape index (κ1) is 15.5. The van der Waals surface area contributed by atoms with Crippen LogP contribution in [0.25, 0.3) is 0 Å². The molecule has 0 radical (unpaired) electrons. The highest BCUT2D eigenvalue weighted by atomic mass is 32.2. The summed E-state index contributed by atoms with van der Waals surface area (Å²) in [5.41, 5.74) is 0.748. The van der Waals surface area contributed by atoms with Crippen molar-refractivity contribution in [3.05, 3.63) is 36.3 Å². The molecule has 0 aromatic carbocycles. The summed E-state index contributed by atoms with van der Waals surface area (Å²) in [5.74, 6) is 0.304. The van der Waals surface area contributed by atoms with Gasteiger partial charge in [0, 0.05) is 18.4 Å². The quantitative estimate of drug-likeness (QED) is 0.745. The highest BCUT2D eigenvalue weighted by Gasteiger charge is 2.17. The summed E-state index contributed by atoms with van der Waals surface area (Å²) >= 11 is 0. The first-order valence-corrected chi connectivity index (χ1v) is 8.13. The molecule has 2 aromatic heterocycles. The fraction of sp³-hybridized carbons (Fsp3) is 0.385. The molecule has 0 unspecified atom stereocenters. The molecule has 0 fully saturated rings. The molecule has 0 bridgehead atoms. The zero-order chi connectivity index (χ0) is 15.3. The first-order valence-electron chi connectivity index (χ1n) is 6.65. The monoisotopic (exact) mass is 309 g/mol. The fourth-order valence-corrected chi connectivity index (χ4v) is 2.77. The van der Waals surface area contributed by atoms with Gasteiger partial charge in [-0.1, -0.05) is 6.07 Å². The van der Waals surface area contributed by atoms with Crippen molar-refractivity contribution < 1.29 is 8.42 Å². The van der Waals surface area contributed by atoms with Crippen LogP contribution < -0.4 is 10.0 Å². The number of hydrogen-bond acceptors (Lipinski definition) is 5. The van der Waals surface area contributed by atoms with Crippen molar-refractivity contribution in [1.82, 2.24) is 20.1 Å². The molecule has 7 nitrogen and oxygen atoms in total. The fourth-order valence-electron chi connectivity index (χ4n) is 1.82. The van der Waals surface area contributed by atoms with E-state index in [1.54, 1.807) is 29.8 Å². The van der Waals surface area contributed by atoms with Gasteiger partial charge < -0.3 is 5.32 Å². The van der Waals surface area contributed by atoms with E-state index in [4.69, 9.17) is 0 Å². The van der Waals surface area contributed by atoms with Crippen molar-refractivity contribution in [3.8, 4) is 0 Å². The van der Waals surface area contributed by atoms with E-state index in [0.717, 1.165) is 18.7 Å². The minimum atomic E-state index is -3.65. The molecule has 114 valence electrons. The molecule has 0 saturated carbocycles. The molecule has 0 atom stereocenters. The molecule has 0 aliphatic carbocycles. The maximum Gasteiger partial charge on any atom is 0.266 e. The van der Waals surface area contributed by atoms with Crippen LogP contribution in [0, 0.1) is 6.92 Å². The Labute approximate surface area is 124 Å². The molecule has 2 heterocycles. The van der Waals surface area contributed by atoms with Gasteiger partial charge in [0.25, 0.3) is 10.0 Å². The Bertz CT molecular complexity index is 696. The van der Waals surface area contributed by atoms with Crippen LogP contribution >= 0.6 is 0 Å². The van der Waals surface area contributed by atoms with E-state index >= 15 is 0 Å². The van der Waals surface area contributed by atoms with Crippen LogP contribution in [0.15, 0.2) is 35.5 Å². The molecule has 21 heavy (non-hydrogen) atoms. The Morgan fingerprint density at radius 3 is 2.86 bits per heavy atom. The Morgan fingerprint density at radius 1 is 1.33 bits per heavy atom. The van der Waals surface area contributed by atoms with Gasteiger partial charge in [-0.2, -0.15) is 5.10 Å². The Kier molecular flexibility index (Phi) is 4.92. The van der Waals surface area contributed by atoms with Crippen LogP contribution in [-0.2, 0) is 16.6 Å². The second-order valence-electron chi connectivity index (χ2n) is 4.67. The Balaban J connectivity index is 2.09. The molecule has 0 amide bonds. The molecule has 8 heteroatoms. The predicted molar refractivity (Wildman–Crippen MR) is 80.6 cm³/mol. The number of nitrogens with one attached hydrogen (secondary N) is 2. The van der Waals surface area contributed by atoms with Crippen LogP contribution in [0.1, 0.15) is 12.1 Å². The number of pyridine rings is 1. The van der Waals surface area contributed by atoms with Gasteiger partial charge in [0.15, 0.2) is 0 Å². The number of nitrogens with zero attached hydrogens (tertiary/aromatic N) is 3. The van der Waals surface area contributed by atoms with Gasteiger partial charge >= 0.3 is 0 Å². The minimum absolute atomic E-state index is 0.135. The number of aromatic nitrogens is 3. The highest BCUT2D eigenvalue weighted by Crippen LogP contribution is 2.13. The van der Waals surface area contributed by atoms with Gasteiger partial charge in [0.1, 0.15) is 10.7 Å². The second kappa shape index (κ2) is 6.68. The van der Waals surface area contributed by atoms with Crippen LogP contribution in [0.5, 0.6) is 0 Å². The molecular formula is C13H19N5O2S. The molecule has 0 spiro atoms. The molecule has 2 aromatic rings. The zero-order valence-corrected chi connectivity index (χ0v) is 12.9. The molecule has 0 aliphatic heterocycles. The van der Waals surface area contributed by atoms with Gasteiger partial charge in [0.05, 0.1) is 6.20 Å². The van der Waals surface area contributed by atoms with Crippen molar-refractivity contribution in [2.24, 2.45) is 0 Å². The lowest BCUT2D eigenvalue weighted by Crippen LogP contribution is -2.14. The Hall–Kier alpha value is -1.93. The number of rotatable bonds is 7. The van der Waals surface area contributed by atoms with Crippen molar-refractivity contribution in [3.63, 3.8) is 0 Å². The third-order valence-electron chi connectivity index (χ3n) is 2.86. The Morgan fingerprint density at radius 2 is 2.14 bits per heavy atom. The van der Waals surface area contributed by atoms with Gasteiger partial charge in [-0.05, 0) is 39.1 Å². The van der Waals surface area contributed by atoms with Crippen LogP contribution in [0.3, 0.4) is 0 Å². The summed E-state index contributed by atoms with van der Waals surface area (Å²) in [6.45, 7) is 3.32. The van der Waals surface area contributed by atoms with Gasteiger partial charge in [-0.3, -0.25) is 9.40 Å². The number of hydrogen-bond donors (Lipinski definition) is 2. The highest BCUT2D eigenvalue weighted by molar-refractivity contribution is 7.92. The normalized spacial score (nSPS) is 11.5. The van der Waals surface area contributed by atoms with E-state index in [-0.39, 0.29) is 4.90 Å². The second-order valence-corrected chi connectivity index (χ2v) is 6.35. The van der Waals surface area contributed by atoms with Crippen LogP contribution in [-0.4, -0.2) is 36.8 Å². The van der Waals surface area contributed by atoms with Gasteiger partial charge in [-0.15, -0.1) is 0 Å². The average Bonchev–Trinajstić information content (AvgIpc) is 2.88. The third-order valence-corrected chi connectivity index (χ3v) is 4.17. The average molecular weight is 309 g/mol.